The maximum Gasteiger partial charge on any atom is 0.211 e. The summed E-state index contributed by atoms with van der Waals surface area (Å²) in [6.45, 7) is 3.17. The van der Waals surface area contributed by atoms with Crippen LogP contribution in [0.1, 0.15) is 18.4 Å². The molecule has 0 spiro atoms. The molecule has 1 saturated heterocycles. The third-order valence-corrected chi connectivity index (χ3v) is 4.41. The summed E-state index contributed by atoms with van der Waals surface area (Å²) >= 11 is 11.6. The van der Waals surface area contributed by atoms with Crippen LogP contribution in [-0.4, -0.2) is 25.4 Å². The molecular formula is C15H17Cl2FN2O. The lowest BCUT2D eigenvalue weighted by molar-refractivity contribution is -0.105. The number of rotatable bonds is 5. The Bertz CT molecular complexity index is 563. The van der Waals surface area contributed by atoms with E-state index in [1.807, 2.05) is 6.07 Å². The van der Waals surface area contributed by atoms with Crippen molar-refractivity contribution in [1.29, 1.82) is 0 Å². The molecule has 2 atom stereocenters. The van der Waals surface area contributed by atoms with Gasteiger partial charge in [0.05, 0.1) is 5.88 Å². The zero-order valence-electron chi connectivity index (χ0n) is 11.6. The van der Waals surface area contributed by atoms with Crippen LogP contribution in [0.25, 0.3) is 0 Å². The molecule has 1 fully saturated rings. The van der Waals surface area contributed by atoms with Gasteiger partial charge in [-0.05, 0) is 30.2 Å². The molecule has 1 aliphatic heterocycles. The van der Waals surface area contributed by atoms with E-state index in [0.717, 1.165) is 5.56 Å². The molecule has 6 heteroatoms. The first-order chi connectivity index (χ1) is 10.1. The third kappa shape index (κ3) is 3.57. The Balaban J connectivity index is 2.38. The molecule has 0 aliphatic carbocycles. The van der Waals surface area contributed by atoms with Crippen molar-refractivity contribution in [2.24, 2.45) is 5.92 Å². The summed E-state index contributed by atoms with van der Waals surface area (Å²) in [5, 5.41) is 6.49. The van der Waals surface area contributed by atoms with E-state index in [9.17, 15) is 9.18 Å². The predicted molar refractivity (Wildman–Crippen MR) is 84.8 cm³/mol. The smallest absolute Gasteiger partial charge is 0.211 e. The number of halogens is 3. The Morgan fingerprint density at radius 1 is 1.52 bits per heavy atom. The van der Waals surface area contributed by atoms with Gasteiger partial charge in [-0.15, -0.1) is 11.6 Å². The Kier molecular flexibility index (Phi) is 5.62. The van der Waals surface area contributed by atoms with Crippen LogP contribution in [0.15, 0.2) is 29.6 Å². The molecule has 0 bridgehead atoms. The van der Waals surface area contributed by atoms with E-state index in [-0.39, 0.29) is 23.5 Å². The molecule has 0 saturated carbocycles. The second-order valence-electron chi connectivity index (χ2n) is 5.09. The molecule has 0 aromatic heterocycles. The summed E-state index contributed by atoms with van der Waals surface area (Å²) in [4.78, 5) is 10.8. The molecule has 114 valence electrons. The second kappa shape index (κ2) is 7.25. The lowest BCUT2D eigenvalue weighted by atomic mass is 9.83. The van der Waals surface area contributed by atoms with Crippen LogP contribution in [0.2, 0.25) is 5.02 Å². The van der Waals surface area contributed by atoms with Gasteiger partial charge in [-0.2, -0.15) is 0 Å². The van der Waals surface area contributed by atoms with Crippen LogP contribution < -0.4 is 10.6 Å². The monoisotopic (exact) mass is 330 g/mol. The molecular weight excluding hydrogens is 314 g/mol. The summed E-state index contributed by atoms with van der Waals surface area (Å²) in [7, 11) is 0. The average Bonchev–Trinajstić information content (AvgIpc) is 2.95. The van der Waals surface area contributed by atoms with E-state index in [1.165, 1.54) is 0 Å². The molecule has 1 heterocycles. The summed E-state index contributed by atoms with van der Waals surface area (Å²) in [5.74, 6) is -0.320. The fraction of sp³-hybridized carbons (Fsp3) is 0.400. The first kappa shape index (κ1) is 16.3. The minimum atomic E-state index is -0.283. The lowest BCUT2D eigenvalue weighted by Crippen LogP contribution is -2.15. The Morgan fingerprint density at radius 2 is 2.29 bits per heavy atom. The van der Waals surface area contributed by atoms with Gasteiger partial charge >= 0.3 is 0 Å². The van der Waals surface area contributed by atoms with Crippen molar-refractivity contribution >= 4 is 35.3 Å². The van der Waals surface area contributed by atoms with Gasteiger partial charge in [0.15, 0.2) is 0 Å². The average molecular weight is 331 g/mol. The highest BCUT2D eigenvalue weighted by Crippen LogP contribution is 2.38. The number of alkyl halides is 1. The summed E-state index contributed by atoms with van der Waals surface area (Å²) in [5.41, 5.74) is 2.27. The van der Waals surface area contributed by atoms with Crippen molar-refractivity contribution in [3.63, 3.8) is 0 Å². The van der Waals surface area contributed by atoms with E-state index in [2.05, 4.69) is 10.6 Å². The van der Waals surface area contributed by atoms with Crippen molar-refractivity contribution < 1.29 is 9.18 Å². The molecule has 1 amide bonds. The number of benzene rings is 1. The number of hydrogen-bond acceptors (Lipinski definition) is 2. The largest absolute Gasteiger partial charge is 0.328 e. The Morgan fingerprint density at radius 3 is 2.95 bits per heavy atom. The normalized spacial score (nSPS) is 22.9. The number of carbonyl (C=O) groups is 1. The summed E-state index contributed by atoms with van der Waals surface area (Å²) in [6, 6.07) is 5.36. The Hall–Kier alpha value is -1.10. The zero-order valence-corrected chi connectivity index (χ0v) is 13.1. The maximum atomic E-state index is 13.8. The van der Waals surface area contributed by atoms with Gasteiger partial charge in [-0.3, -0.25) is 4.79 Å². The van der Waals surface area contributed by atoms with Crippen LogP contribution >= 0.6 is 23.2 Å². The minimum absolute atomic E-state index is 0.0112. The zero-order chi connectivity index (χ0) is 15.4. The van der Waals surface area contributed by atoms with Gasteiger partial charge in [0.1, 0.15) is 5.83 Å². The number of anilines is 1. The van der Waals surface area contributed by atoms with Gasteiger partial charge in [0.2, 0.25) is 6.41 Å². The highest BCUT2D eigenvalue weighted by molar-refractivity contribution is 6.30. The van der Waals surface area contributed by atoms with Gasteiger partial charge in [0, 0.05) is 35.6 Å². The van der Waals surface area contributed by atoms with Crippen molar-refractivity contribution in [3.05, 3.63) is 40.2 Å². The molecule has 1 aliphatic rings. The Labute approximate surface area is 133 Å². The van der Waals surface area contributed by atoms with Crippen LogP contribution in [0.4, 0.5) is 10.1 Å². The van der Waals surface area contributed by atoms with Crippen molar-refractivity contribution in [2.75, 3.05) is 24.3 Å². The highest BCUT2D eigenvalue weighted by atomic mass is 35.5. The van der Waals surface area contributed by atoms with Gasteiger partial charge < -0.3 is 10.6 Å². The third-order valence-electron chi connectivity index (χ3n) is 3.94. The fourth-order valence-corrected chi connectivity index (χ4v) is 3.19. The topological polar surface area (TPSA) is 41.1 Å². The van der Waals surface area contributed by atoms with Crippen LogP contribution in [0.5, 0.6) is 0 Å². The molecule has 3 nitrogen and oxygen atoms in total. The predicted octanol–water partition coefficient (Wildman–Crippen LogP) is 3.69. The van der Waals surface area contributed by atoms with E-state index in [4.69, 9.17) is 23.2 Å². The van der Waals surface area contributed by atoms with Crippen molar-refractivity contribution in [1.82, 2.24) is 5.32 Å². The standard InChI is InChI=1S/C15H17Cl2FN2O/c1-9(14(18)5-16)12-6-19-7-13(12)11-3-2-10(17)4-15(11)20-8-21/h2-4,8,12-13,19H,5-7H2,1H3,(H,20,21)/b14-9-. The second-order valence-corrected chi connectivity index (χ2v) is 5.79. The fourth-order valence-electron chi connectivity index (χ4n) is 2.81. The SMILES string of the molecule is C/C(=C(/F)CCl)C1CNCC1c1ccc(Cl)cc1NC=O. The van der Waals surface area contributed by atoms with Gasteiger partial charge in [0.25, 0.3) is 0 Å². The van der Waals surface area contributed by atoms with E-state index in [0.29, 0.717) is 35.8 Å². The molecule has 2 rings (SSSR count). The van der Waals surface area contributed by atoms with Crippen LogP contribution in [0.3, 0.4) is 0 Å². The molecule has 1 aromatic rings. The van der Waals surface area contributed by atoms with Crippen molar-refractivity contribution in [3.8, 4) is 0 Å². The van der Waals surface area contributed by atoms with E-state index >= 15 is 0 Å². The molecule has 2 unspecified atom stereocenters. The van der Waals surface area contributed by atoms with E-state index in [1.54, 1.807) is 19.1 Å². The molecule has 2 N–H and O–H groups in total. The van der Waals surface area contributed by atoms with Crippen molar-refractivity contribution in [2.45, 2.75) is 12.8 Å². The number of nitrogens with one attached hydrogen (secondary N) is 2. The molecule has 0 radical (unpaired) electrons. The number of hydrogen-bond donors (Lipinski definition) is 2. The maximum absolute atomic E-state index is 13.8. The number of allylic oxidation sites excluding steroid dienone is 1. The van der Waals surface area contributed by atoms with E-state index < -0.39 is 0 Å². The lowest BCUT2D eigenvalue weighted by Gasteiger charge is -2.22. The van der Waals surface area contributed by atoms with Crippen LogP contribution in [-0.2, 0) is 4.79 Å². The van der Waals surface area contributed by atoms with Gasteiger partial charge in [-0.25, -0.2) is 4.39 Å². The number of amides is 1. The van der Waals surface area contributed by atoms with Gasteiger partial charge in [-0.1, -0.05) is 17.7 Å². The summed E-state index contributed by atoms with van der Waals surface area (Å²) < 4.78 is 13.8. The first-order valence-electron chi connectivity index (χ1n) is 6.70. The first-order valence-corrected chi connectivity index (χ1v) is 7.61. The molecule has 1 aromatic carbocycles. The minimum Gasteiger partial charge on any atom is -0.328 e. The quantitative estimate of drug-likeness (QED) is 0.638. The number of carbonyl (C=O) groups excluding carboxylic acids is 1. The summed E-state index contributed by atoms with van der Waals surface area (Å²) in [6.07, 6.45) is 0.620. The van der Waals surface area contributed by atoms with Crippen LogP contribution in [0, 0.1) is 5.92 Å². The molecule has 21 heavy (non-hydrogen) atoms. The highest BCUT2D eigenvalue weighted by Gasteiger charge is 2.32.